The summed E-state index contributed by atoms with van der Waals surface area (Å²) in [6, 6.07) is 10.2. The number of carbonyl (C=O) groups excluding carboxylic acids is 1. The van der Waals surface area contributed by atoms with Gasteiger partial charge in [0.15, 0.2) is 11.5 Å². The summed E-state index contributed by atoms with van der Waals surface area (Å²) in [5, 5.41) is 6.74. The first-order chi connectivity index (χ1) is 16.6. The van der Waals surface area contributed by atoms with Crippen LogP contribution in [0.15, 0.2) is 49.1 Å². The first-order valence-corrected chi connectivity index (χ1v) is 11.1. The zero-order chi connectivity index (χ0) is 23.7. The quantitative estimate of drug-likeness (QED) is 0.438. The van der Waals surface area contributed by atoms with Crippen molar-refractivity contribution < 1.29 is 14.3 Å². The van der Waals surface area contributed by atoms with Crippen LogP contribution in [-0.2, 0) is 16.5 Å². The maximum absolute atomic E-state index is 12.3. The molecule has 0 aliphatic carbocycles. The number of hydrogen-bond donors (Lipinski definition) is 2. The summed E-state index contributed by atoms with van der Waals surface area (Å²) in [6.07, 6.45) is 4.77. The number of esters is 1. The van der Waals surface area contributed by atoms with Crippen LogP contribution in [0.2, 0.25) is 0 Å². The van der Waals surface area contributed by atoms with Gasteiger partial charge in [-0.3, -0.25) is 0 Å². The van der Waals surface area contributed by atoms with Gasteiger partial charge >= 0.3 is 5.97 Å². The molecule has 0 saturated carbocycles. The molecule has 34 heavy (non-hydrogen) atoms. The molecule has 2 aromatic heterocycles. The van der Waals surface area contributed by atoms with Gasteiger partial charge in [0, 0.05) is 49.3 Å². The lowest BCUT2D eigenvalue weighted by atomic mass is 9.91. The Hall–Kier alpha value is -3.82. The summed E-state index contributed by atoms with van der Waals surface area (Å²) in [4.78, 5) is 25.5. The second-order valence-electron chi connectivity index (χ2n) is 8.16. The van der Waals surface area contributed by atoms with Crippen LogP contribution in [0, 0.1) is 6.92 Å². The highest BCUT2D eigenvalue weighted by Gasteiger charge is 2.24. The van der Waals surface area contributed by atoms with Crippen LogP contribution in [0.25, 0.3) is 22.2 Å². The number of ether oxygens (including phenoxy) is 2. The number of anilines is 2. The molecular weight excluding hydrogens is 432 g/mol. The molecule has 1 fully saturated rings. The van der Waals surface area contributed by atoms with Crippen LogP contribution in [0.5, 0.6) is 0 Å². The maximum atomic E-state index is 12.3. The Kier molecular flexibility index (Phi) is 5.95. The van der Waals surface area contributed by atoms with E-state index in [1.54, 1.807) is 0 Å². The van der Waals surface area contributed by atoms with E-state index in [9.17, 15) is 4.79 Å². The van der Waals surface area contributed by atoms with Gasteiger partial charge in [-0.2, -0.15) is 0 Å². The Balaban J connectivity index is 1.70. The minimum absolute atomic E-state index is 0.0494. The fourth-order valence-electron chi connectivity index (χ4n) is 4.46. The molecule has 0 bridgehead atoms. The SMILES string of the molecule is COC(=O)c1nccnc1Nc1ccc(C2CNCCO2)c(C)c1-c1cccc2c1ncn2C. The van der Waals surface area contributed by atoms with Crippen molar-refractivity contribution in [2.75, 3.05) is 32.1 Å². The zero-order valence-corrected chi connectivity index (χ0v) is 19.3. The summed E-state index contributed by atoms with van der Waals surface area (Å²) in [5.74, 6) is -0.231. The molecule has 174 valence electrons. The second-order valence-corrected chi connectivity index (χ2v) is 8.16. The largest absolute Gasteiger partial charge is 0.464 e. The number of nitrogens with one attached hydrogen (secondary N) is 2. The Labute approximate surface area is 197 Å². The standard InChI is InChI=1S/C25H26N6O3/c1-15-16(20-13-26-11-12-34-20)7-8-18(30-24-23(25(32)33-3)27-9-10-28-24)21(15)17-5-4-6-19-22(17)29-14-31(19)2/h4-10,14,20,26H,11-13H2,1-3H3,(H,28,30). The number of rotatable bonds is 5. The number of aryl methyl sites for hydroxylation is 1. The van der Waals surface area contributed by atoms with E-state index in [0.717, 1.165) is 52.1 Å². The topological polar surface area (TPSA) is 103 Å². The van der Waals surface area contributed by atoms with E-state index in [4.69, 9.17) is 9.47 Å². The monoisotopic (exact) mass is 458 g/mol. The van der Waals surface area contributed by atoms with Crippen LogP contribution < -0.4 is 10.6 Å². The van der Waals surface area contributed by atoms with E-state index in [1.165, 1.54) is 19.5 Å². The lowest BCUT2D eigenvalue weighted by Gasteiger charge is -2.27. The van der Waals surface area contributed by atoms with Crippen LogP contribution in [0.3, 0.4) is 0 Å². The smallest absolute Gasteiger partial charge is 0.360 e. The third-order valence-corrected chi connectivity index (χ3v) is 6.14. The number of nitrogens with zero attached hydrogens (tertiary/aromatic N) is 4. The summed E-state index contributed by atoms with van der Waals surface area (Å²) >= 11 is 0. The molecule has 0 spiro atoms. The fraction of sp³-hybridized carbons (Fsp3) is 0.280. The van der Waals surface area contributed by atoms with Crippen LogP contribution in [0.1, 0.15) is 27.7 Å². The van der Waals surface area contributed by atoms with Crippen molar-refractivity contribution in [1.29, 1.82) is 0 Å². The van der Waals surface area contributed by atoms with E-state index in [1.807, 2.05) is 36.1 Å². The minimum Gasteiger partial charge on any atom is -0.464 e. The zero-order valence-electron chi connectivity index (χ0n) is 19.3. The van der Waals surface area contributed by atoms with Gasteiger partial charge in [0.2, 0.25) is 0 Å². The molecule has 5 rings (SSSR count). The summed E-state index contributed by atoms with van der Waals surface area (Å²) in [5.41, 5.74) is 6.95. The molecule has 2 aromatic carbocycles. The predicted octanol–water partition coefficient (Wildman–Crippen LogP) is 3.53. The molecule has 1 unspecified atom stereocenters. The Morgan fingerprint density at radius 1 is 1.21 bits per heavy atom. The Bertz CT molecular complexity index is 1360. The molecule has 0 radical (unpaired) electrons. The maximum Gasteiger partial charge on any atom is 0.360 e. The first kappa shape index (κ1) is 22.0. The molecule has 1 atom stereocenters. The predicted molar refractivity (Wildman–Crippen MR) is 129 cm³/mol. The molecule has 1 saturated heterocycles. The minimum atomic E-state index is -0.556. The summed E-state index contributed by atoms with van der Waals surface area (Å²) < 4.78 is 13.0. The number of fused-ring (bicyclic) bond motifs is 1. The number of para-hydroxylation sites is 1. The van der Waals surface area contributed by atoms with Crippen molar-refractivity contribution >= 4 is 28.5 Å². The third kappa shape index (κ3) is 3.89. The van der Waals surface area contributed by atoms with Gasteiger partial charge in [-0.25, -0.2) is 19.7 Å². The number of hydrogen-bond acceptors (Lipinski definition) is 8. The average Bonchev–Trinajstić information content (AvgIpc) is 3.26. The lowest BCUT2D eigenvalue weighted by Crippen LogP contribution is -2.33. The van der Waals surface area contributed by atoms with Gasteiger partial charge in [-0.1, -0.05) is 18.2 Å². The van der Waals surface area contributed by atoms with Gasteiger partial charge in [0.05, 0.1) is 37.2 Å². The molecule has 2 N–H and O–H groups in total. The van der Waals surface area contributed by atoms with Gasteiger partial charge in [0.25, 0.3) is 0 Å². The normalized spacial score (nSPS) is 15.9. The van der Waals surface area contributed by atoms with Crippen molar-refractivity contribution in [2.24, 2.45) is 7.05 Å². The van der Waals surface area contributed by atoms with Crippen molar-refractivity contribution in [2.45, 2.75) is 13.0 Å². The number of benzene rings is 2. The van der Waals surface area contributed by atoms with E-state index in [-0.39, 0.29) is 11.8 Å². The fourth-order valence-corrected chi connectivity index (χ4v) is 4.46. The van der Waals surface area contributed by atoms with E-state index in [0.29, 0.717) is 12.4 Å². The molecule has 4 aromatic rings. The summed E-state index contributed by atoms with van der Waals surface area (Å²) in [6.45, 7) is 4.35. The average molecular weight is 459 g/mol. The number of morpholine rings is 1. The van der Waals surface area contributed by atoms with Gasteiger partial charge in [-0.15, -0.1) is 0 Å². The Morgan fingerprint density at radius 2 is 2.06 bits per heavy atom. The highest BCUT2D eigenvalue weighted by molar-refractivity contribution is 5.99. The number of imidazole rings is 1. The van der Waals surface area contributed by atoms with Crippen LogP contribution in [-0.4, -0.2) is 52.3 Å². The molecule has 9 nitrogen and oxygen atoms in total. The molecule has 0 amide bonds. The van der Waals surface area contributed by atoms with E-state index >= 15 is 0 Å². The van der Waals surface area contributed by atoms with Gasteiger partial charge in [0.1, 0.15) is 0 Å². The van der Waals surface area contributed by atoms with Gasteiger partial charge < -0.3 is 24.7 Å². The molecule has 1 aliphatic heterocycles. The van der Waals surface area contributed by atoms with Crippen LogP contribution in [0.4, 0.5) is 11.5 Å². The van der Waals surface area contributed by atoms with Crippen molar-refractivity contribution in [3.05, 3.63) is 65.9 Å². The number of methoxy groups -OCH3 is 1. The number of carbonyl (C=O) groups is 1. The highest BCUT2D eigenvalue weighted by Crippen LogP contribution is 2.40. The van der Waals surface area contributed by atoms with Gasteiger partial charge in [-0.05, 0) is 30.2 Å². The van der Waals surface area contributed by atoms with Crippen molar-refractivity contribution in [3.63, 3.8) is 0 Å². The van der Waals surface area contributed by atoms with E-state index < -0.39 is 5.97 Å². The summed E-state index contributed by atoms with van der Waals surface area (Å²) in [7, 11) is 3.30. The Morgan fingerprint density at radius 3 is 2.85 bits per heavy atom. The lowest BCUT2D eigenvalue weighted by molar-refractivity contribution is 0.0273. The highest BCUT2D eigenvalue weighted by atomic mass is 16.5. The first-order valence-electron chi connectivity index (χ1n) is 11.1. The molecular formula is C25H26N6O3. The number of aromatic nitrogens is 4. The molecule has 1 aliphatic rings. The van der Waals surface area contributed by atoms with Crippen LogP contribution >= 0.6 is 0 Å². The molecule has 3 heterocycles. The van der Waals surface area contributed by atoms with Crippen molar-refractivity contribution in [1.82, 2.24) is 24.8 Å². The van der Waals surface area contributed by atoms with Crippen molar-refractivity contribution in [3.8, 4) is 11.1 Å². The van der Waals surface area contributed by atoms with E-state index in [2.05, 4.69) is 44.6 Å². The second kappa shape index (κ2) is 9.20. The molecule has 9 heteroatoms. The third-order valence-electron chi connectivity index (χ3n) is 6.14.